The van der Waals surface area contributed by atoms with Crippen molar-refractivity contribution in [3.63, 3.8) is 0 Å². The summed E-state index contributed by atoms with van der Waals surface area (Å²) < 4.78 is 0. The van der Waals surface area contributed by atoms with Crippen LogP contribution in [0.3, 0.4) is 0 Å². The molecule has 38 heteroatoms. The summed E-state index contributed by atoms with van der Waals surface area (Å²) >= 11 is 0. The van der Waals surface area contributed by atoms with Gasteiger partial charge < -0.3 is 128 Å². The molecule has 0 bridgehead atoms. The number of carbonyl (C=O) groups is 12. The number of carbonyl (C=O) groups excluding carboxylic acids is 12. The maximum absolute atomic E-state index is 13.8. The van der Waals surface area contributed by atoms with Crippen molar-refractivity contribution in [1.82, 2.24) is 88.0 Å². The fourth-order valence-corrected chi connectivity index (χ4v) is 9.67. The summed E-state index contributed by atoms with van der Waals surface area (Å²) in [7, 11) is 0. The molecule has 0 aliphatic heterocycles. The lowest BCUT2D eigenvalue weighted by molar-refractivity contribution is -0.151. The van der Waals surface area contributed by atoms with Gasteiger partial charge in [-0.1, -0.05) is 0 Å². The number of hydroxylamine groups is 1. The zero-order chi connectivity index (χ0) is 74.2. The maximum Gasteiger partial charge on any atom is 0.326 e. The molecule has 0 fully saturated rings. The number of nitrogens with zero attached hydrogens (tertiary/aromatic N) is 6. The Hall–Kier alpha value is -6.60. The molecule has 0 radical (unpaired) electrons. The second-order valence-corrected chi connectivity index (χ2v) is 23.6. The van der Waals surface area contributed by atoms with E-state index in [2.05, 4.69) is 58.6 Å². The van der Waals surface area contributed by atoms with Crippen LogP contribution in [0.2, 0.25) is 0 Å². The summed E-state index contributed by atoms with van der Waals surface area (Å²) in [4.78, 5) is 171. The van der Waals surface area contributed by atoms with E-state index >= 15 is 0 Å². The lowest BCUT2D eigenvalue weighted by atomic mass is 10.1. The number of ketones is 2. The molecule has 0 aromatic carbocycles. The van der Waals surface area contributed by atoms with Crippen LogP contribution in [0, 0.1) is 0 Å². The van der Waals surface area contributed by atoms with E-state index in [0.717, 1.165) is 0 Å². The second-order valence-electron chi connectivity index (χ2n) is 23.6. The fraction of sp³-hybridized carbons (Fsp3) is 0.806. The van der Waals surface area contributed by atoms with Gasteiger partial charge in [0, 0.05) is 293 Å². The maximum atomic E-state index is 13.8. The van der Waals surface area contributed by atoms with Crippen molar-refractivity contribution in [3.05, 3.63) is 0 Å². The van der Waals surface area contributed by atoms with Crippen LogP contribution < -0.4 is 105 Å². The number of hydrogen-bond donors (Lipinski definition) is 19. The summed E-state index contributed by atoms with van der Waals surface area (Å²) in [5, 5.41) is 28.1. The number of amides is 9. The lowest BCUT2D eigenvalue weighted by Crippen LogP contribution is -2.43. The van der Waals surface area contributed by atoms with E-state index in [1.807, 2.05) is 29.4 Å². The third kappa shape index (κ3) is 57.1. The van der Waals surface area contributed by atoms with Crippen LogP contribution in [0.15, 0.2) is 0 Å². The fourth-order valence-electron chi connectivity index (χ4n) is 9.67. The zero-order valence-electron chi connectivity index (χ0n) is 59.5. The van der Waals surface area contributed by atoms with Crippen LogP contribution in [0.1, 0.15) is 89.9 Å². The van der Waals surface area contributed by atoms with Crippen LogP contribution in [0.5, 0.6) is 0 Å². The zero-order valence-corrected chi connectivity index (χ0v) is 59.5. The highest BCUT2D eigenvalue weighted by molar-refractivity contribution is 5.81. The normalized spacial score (nSPS) is 11.3. The molecule has 0 rings (SSSR count). The first-order valence-corrected chi connectivity index (χ1v) is 35.3. The van der Waals surface area contributed by atoms with Gasteiger partial charge in [-0.25, -0.2) is 0 Å². The largest absolute Gasteiger partial charge is 0.369 e. The van der Waals surface area contributed by atoms with Crippen molar-refractivity contribution in [2.75, 3.05) is 236 Å². The highest BCUT2D eigenvalue weighted by Gasteiger charge is 2.20. The molecule has 100 heavy (non-hydrogen) atoms. The molecule has 0 spiro atoms. The quantitative estimate of drug-likeness (QED) is 0.0199. The topological polar surface area (TPSA) is 574 Å². The summed E-state index contributed by atoms with van der Waals surface area (Å²) in [6.45, 7) is 9.44. The summed E-state index contributed by atoms with van der Waals surface area (Å²) in [6.07, 6.45) is 1.77. The average molecular weight is 1430 g/mol. The minimum Gasteiger partial charge on any atom is -0.369 e. The molecule has 9 amide bonds. The van der Waals surface area contributed by atoms with Crippen LogP contribution in [-0.4, -0.2) is 336 Å². The van der Waals surface area contributed by atoms with Gasteiger partial charge in [0.25, 0.3) is 0 Å². The van der Waals surface area contributed by atoms with Gasteiger partial charge in [-0.15, -0.1) is 5.48 Å². The molecule has 0 saturated heterocycles. The van der Waals surface area contributed by atoms with Gasteiger partial charge >= 0.3 is 5.97 Å². The Morgan fingerprint density at radius 1 is 0.240 bits per heavy atom. The molecule has 0 atom stereocenters. The molecule has 0 aromatic heterocycles. The molecule has 38 nitrogen and oxygen atoms in total. The Morgan fingerprint density at radius 3 is 0.750 bits per heavy atom. The molecule has 0 aromatic rings. The van der Waals surface area contributed by atoms with Crippen molar-refractivity contribution < 1.29 is 62.4 Å². The summed E-state index contributed by atoms with van der Waals surface area (Å²) in [6, 6.07) is 0. The van der Waals surface area contributed by atoms with Crippen LogP contribution in [0.25, 0.3) is 0 Å². The molecular formula is C62H127N25O13. The van der Waals surface area contributed by atoms with Gasteiger partial charge in [0.05, 0.1) is 19.6 Å². The minimum atomic E-state index is -0.566. The Balaban J connectivity index is 6.81. The third-order valence-electron chi connectivity index (χ3n) is 15.4. The first-order valence-electron chi connectivity index (χ1n) is 35.3. The smallest absolute Gasteiger partial charge is 0.326 e. The first kappa shape index (κ1) is 93.4. The van der Waals surface area contributed by atoms with Gasteiger partial charge in [-0.05, 0) is 13.0 Å². The molecule has 0 aliphatic carbocycles. The summed E-state index contributed by atoms with van der Waals surface area (Å²) in [5.74, 6) is -2.84. The highest BCUT2D eigenvalue weighted by atomic mass is 16.7. The molecular weight excluding hydrogens is 1300 g/mol. The Morgan fingerprint density at radius 2 is 0.480 bits per heavy atom. The van der Waals surface area contributed by atoms with E-state index in [1.165, 1.54) is 0 Å². The van der Waals surface area contributed by atoms with E-state index in [9.17, 15) is 57.5 Å². The molecule has 0 saturated carbocycles. The number of Topliss-reactive ketones (excluding diaryl/α,β-unsaturated/α-hetero) is 2. The van der Waals surface area contributed by atoms with Crippen LogP contribution in [-0.2, 0) is 62.4 Å². The van der Waals surface area contributed by atoms with E-state index < -0.39 is 5.97 Å². The van der Waals surface area contributed by atoms with Gasteiger partial charge in [0.1, 0.15) is 11.6 Å². The lowest BCUT2D eigenvalue weighted by Gasteiger charge is -2.28. The van der Waals surface area contributed by atoms with E-state index in [0.29, 0.717) is 111 Å². The predicted molar refractivity (Wildman–Crippen MR) is 380 cm³/mol. The number of nitrogens with one attached hydrogen (secondary N) is 11. The van der Waals surface area contributed by atoms with E-state index in [1.54, 1.807) is 0 Å². The number of rotatable bonds is 69. The van der Waals surface area contributed by atoms with Crippen molar-refractivity contribution >= 4 is 70.7 Å². The monoisotopic (exact) mass is 1430 g/mol. The van der Waals surface area contributed by atoms with Gasteiger partial charge in [0.15, 0.2) is 0 Å². The molecule has 0 unspecified atom stereocenters. The molecule has 0 heterocycles. The molecule has 27 N–H and O–H groups in total. The first-order chi connectivity index (χ1) is 48.2. The average Bonchev–Trinajstić information content (AvgIpc) is 1.08. The van der Waals surface area contributed by atoms with Crippen LogP contribution in [0.4, 0.5) is 0 Å². The van der Waals surface area contributed by atoms with Gasteiger partial charge in [0.2, 0.25) is 53.2 Å². The minimum absolute atomic E-state index is 0.00430. The highest BCUT2D eigenvalue weighted by Crippen LogP contribution is 2.07. The summed E-state index contributed by atoms with van der Waals surface area (Å²) in [5.41, 5.74) is 46.6. The van der Waals surface area contributed by atoms with Crippen molar-refractivity contribution in [2.24, 2.45) is 45.9 Å². The predicted octanol–water partition coefficient (Wildman–Crippen LogP) is -10.3. The van der Waals surface area contributed by atoms with E-state index in [-0.39, 0.29) is 279 Å². The van der Waals surface area contributed by atoms with Gasteiger partial charge in [-0.3, -0.25) is 62.9 Å². The Bertz CT molecular complexity index is 1890. The van der Waals surface area contributed by atoms with Crippen LogP contribution >= 0.6 is 0 Å². The standard InChI is InChI=1S/C62H127N25O13/c63-15-21-72-53(90)5-33-82(34-6-54(91)73-22-16-64)30-1-2-51(88)3-31-86(39-11-59(96)78-27-43-83(32-4-52(89)48-71-49-69)35-7-55(92)74-23-17-65)46-47-87(40-12-60(97)79-28-44-84(36-8-56(93)75-24-18-66)37-9-57(94)76-25-19-67)41-13-61(98)80-29-45-85(38-10-58(95)77-26-20-68)42-14-62(99)100-81-50-70/h71,81H,1-50,63-70H2,(H,72,90)(H,73,91)(H,74,92)(H,75,93)(H,76,94)(H,77,95)(H,78,96)(H,79,97)(H,80,98). The van der Waals surface area contributed by atoms with Crippen molar-refractivity contribution in [3.8, 4) is 0 Å². The van der Waals surface area contributed by atoms with E-state index in [4.69, 9.17) is 50.7 Å². The molecule has 578 valence electrons. The van der Waals surface area contributed by atoms with Crippen molar-refractivity contribution in [1.29, 1.82) is 0 Å². The third-order valence-corrected chi connectivity index (χ3v) is 15.4. The van der Waals surface area contributed by atoms with Gasteiger partial charge in [-0.2, -0.15) is 0 Å². The second kappa shape index (κ2) is 64.5. The molecule has 0 aliphatic rings. The van der Waals surface area contributed by atoms with Crippen molar-refractivity contribution in [2.45, 2.75) is 89.9 Å². The Kier molecular flexibility index (Phi) is 60.2. The number of hydrogen-bond acceptors (Lipinski definition) is 29. The SMILES string of the molecule is NCCNC(=O)CCN(CCNC(=O)CCN(CCC(=O)CCCN(CCC(=O)NCCN)CCC(=O)NCCN)CCN(CCC(=O)NCCN(CCC(=O)NCCN)CCC(=O)NCCN)CCC(=O)NCCN(CCC(=O)NCCN)CCC(=O)ONCN)CCC(=O)CNCN. The number of nitrogens with two attached hydrogens (primary N) is 8. The Labute approximate surface area is 590 Å².